The summed E-state index contributed by atoms with van der Waals surface area (Å²) >= 11 is 8.20. The Morgan fingerprint density at radius 2 is 1.79 bits per heavy atom. The number of rotatable bonds is 7. The lowest BCUT2D eigenvalue weighted by molar-refractivity contribution is -0.118. The molecule has 0 radical (unpaired) electrons. The van der Waals surface area contributed by atoms with Crippen molar-refractivity contribution >= 4 is 55.2 Å². The van der Waals surface area contributed by atoms with E-state index in [2.05, 4.69) is 57.6 Å². The van der Waals surface area contributed by atoms with Gasteiger partial charge in [-0.25, -0.2) is 5.43 Å². The first-order chi connectivity index (χ1) is 16.0. The van der Waals surface area contributed by atoms with E-state index in [0.717, 1.165) is 25.8 Å². The molecule has 10 heteroatoms. The zero-order chi connectivity index (χ0) is 23.2. The number of carbonyl (C=O) groups excluding carboxylic acids is 1. The molecule has 166 valence electrons. The molecule has 2 aromatic carbocycles. The number of hydrogen-bond donors (Lipinski definition) is 1. The summed E-state index contributed by atoms with van der Waals surface area (Å²) in [6, 6.07) is 19.3. The van der Waals surface area contributed by atoms with Crippen LogP contribution in [0.15, 0.2) is 92.3 Å². The summed E-state index contributed by atoms with van der Waals surface area (Å²) in [6.07, 6.45) is 3.42. The van der Waals surface area contributed by atoms with Crippen molar-refractivity contribution in [3.05, 3.63) is 87.6 Å². The SMILES string of the molecule is CC(=NNC(=O)CSc1nnc(-c2ccncc2)n1-c1ccc(Br)cc1)c1cccc(Br)c1. The number of hydrogen-bond acceptors (Lipinski definition) is 6. The zero-order valence-electron chi connectivity index (χ0n) is 17.4. The Morgan fingerprint density at radius 1 is 1.03 bits per heavy atom. The number of halogens is 2. The lowest BCUT2D eigenvalue weighted by atomic mass is 10.1. The molecule has 0 saturated heterocycles. The first kappa shape index (κ1) is 23.3. The smallest absolute Gasteiger partial charge is 0.250 e. The molecule has 0 bridgehead atoms. The Bertz CT molecular complexity index is 1290. The van der Waals surface area contributed by atoms with Crippen LogP contribution in [0.2, 0.25) is 0 Å². The van der Waals surface area contributed by atoms with Gasteiger partial charge in [0, 0.05) is 32.6 Å². The molecule has 0 aliphatic heterocycles. The monoisotopic (exact) mass is 584 g/mol. The lowest BCUT2D eigenvalue weighted by Gasteiger charge is -2.10. The quantitative estimate of drug-likeness (QED) is 0.176. The van der Waals surface area contributed by atoms with Crippen molar-refractivity contribution in [2.45, 2.75) is 12.1 Å². The highest BCUT2D eigenvalue weighted by atomic mass is 79.9. The van der Waals surface area contributed by atoms with Gasteiger partial charge in [0.25, 0.3) is 5.91 Å². The molecule has 33 heavy (non-hydrogen) atoms. The molecule has 2 aromatic heterocycles. The average Bonchev–Trinajstić information content (AvgIpc) is 3.26. The Morgan fingerprint density at radius 3 is 2.52 bits per heavy atom. The van der Waals surface area contributed by atoms with Crippen molar-refractivity contribution in [3.63, 3.8) is 0 Å². The van der Waals surface area contributed by atoms with Gasteiger partial charge in [-0.2, -0.15) is 5.10 Å². The second kappa shape index (κ2) is 10.9. The minimum atomic E-state index is -0.231. The summed E-state index contributed by atoms with van der Waals surface area (Å²) in [4.78, 5) is 16.5. The van der Waals surface area contributed by atoms with Gasteiger partial charge in [0.1, 0.15) is 0 Å². The standard InChI is InChI=1S/C23H18Br2N6OS/c1-15(17-3-2-4-19(25)13-17)27-28-21(32)14-33-23-30-29-22(16-9-11-26-12-10-16)31(23)20-7-5-18(24)6-8-20/h2-13H,14H2,1H3,(H,28,32). The second-order valence-electron chi connectivity index (χ2n) is 6.89. The van der Waals surface area contributed by atoms with E-state index < -0.39 is 0 Å². The Hall–Kier alpha value is -2.82. The molecule has 7 nitrogen and oxygen atoms in total. The molecule has 0 spiro atoms. The van der Waals surface area contributed by atoms with E-state index >= 15 is 0 Å². The van der Waals surface area contributed by atoms with E-state index in [1.807, 2.05) is 72.2 Å². The molecule has 1 amide bonds. The van der Waals surface area contributed by atoms with Crippen molar-refractivity contribution in [1.29, 1.82) is 0 Å². The van der Waals surface area contributed by atoms with Crippen LogP contribution in [0.3, 0.4) is 0 Å². The van der Waals surface area contributed by atoms with Gasteiger partial charge in [-0.15, -0.1) is 10.2 Å². The minimum absolute atomic E-state index is 0.139. The van der Waals surface area contributed by atoms with Gasteiger partial charge < -0.3 is 0 Å². The van der Waals surface area contributed by atoms with Gasteiger partial charge >= 0.3 is 0 Å². The van der Waals surface area contributed by atoms with E-state index in [4.69, 9.17) is 0 Å². The summed E-state index contributed by atoms with van der Waals surface area (Å²) in [5, 5.41) is 13.5. The third kappa shape index (κ3) is 5.95. The third-order valence-corrected chi connectivity index (χ3v) is 6.53. The van der Waals surface area contributed by atoms with Gasteiger partial charge in [0.15, 0.2) is 11.0 Å². The Balaban J connectivity index is 1.52. The largest absolute Gasteiger partial charge is 0.272 e. The fourth-order valence-electron chi connectivity index (χ4n) is 2.96. The van der Waals surface area contributed by atoms with E-state index in [0.29, 0.717) is 16.7 Å². The molecule has 4 aromatic rings. The molecule has 0 atom stereocenters. The van der Waals surface area contributed by atoms with Crippen LogP contribution < -0.4 is 5.43 Å². The topological polar surface area (TPSA) is 85.1 Å². The fourth-order valence-corrected chi connectivity index (χ4v) is 4.37. The first-order valence-corrected chi connectivity index (χ1v) is 12.4. The molecule has 2 heterocycles. The normalized spacial score (nSPS) is 11.4. The molecule has 0 unspecified atom stereocenters. The predicted octanol–water partition coefficient (Wildman–Crippen LogP) is 5.49. The van der Waals surface area contributed by atoms with Gasteiger partial charge in [0.2, 0.25) is 0 Å². The molecule has 4 rings (SSSR count). The minimum Gasteiger partial charge on any atom is -0.272 e. The fraction of sp³-hybridized carbons (Fsp3) is 0.0870. The highest BCUT2D eigenvalue weighted by Crippen LogP contribution is 2.28. The van der Waals surface area contributed by atoms with E-state index in [9.17, 15) is 4.79 Å². The molecule has 0 saturated carbocycles. The molecule has 0 aliphatic carbocycles. The number of thioether (sulfide) groups is 1. The number of nitrogens with one attached hydrogen (secondary N) is 1. The van der Waals surface area contributed by atoms with Crippen LogP contribution in [0.25, 0.3) is 17.1 Å². The van der Waals surface area contributed by atoms with E-state index in [-0.39, 0.29) is 11.7 Å². The Labute approximate surface area is 212 Å². The van der Waals surface area contributed by atoms with Crippen LogP contribution in [-0.4, -0.2) is 37.1 Å². The summed E-state index contributed by atoms with van der Waals surface area (Å²) in [6.45, 7) is 1.85. The summed E-state index contributed by atoms with van der Waals surface area (Å²) in [7, 11) is 0. The molecule has 1 N–H and O–H groups in total. The van der Waals surface area contributed by atoms with Gasteiger partial charge in [-0.3, -0.25) is 14.3 Å². The van der Waals surface area contributed by atoms with Crippen LogP contribution in [0.5, 0.6) is 0 Å². The van der Waals surface area contributed by atoms with Crippen molar-refractivity contribution in [2.24, 2.45) is 5.10 Å². The zero-order valence-corrected chi connectivity index (χ0v) is 21.4. The van der Waals surface area contributed by atoms with Gasteiger partial charge in [-0.1, -0.05) is 55.8 Å². The van der Waals surface area contributed by atoms with E-state index in [1.54, 1.807) is 12.4 Å². The number of benzene rings is 2. The number of pyridine rings is 1. The van der Waals surface area contributed by atoms with Crippen molar-refractivity contribution < 1.29 is 4.79 Å². The van der Waals surface area contributed by atoms with Crippen LogP contribution in [0.4, 0.5) is 0 Å². The maximum absolute atomic E-state index is 12.5. The first-order valence-electron chi connectivity index (χ1n) is 9.85. The maximum atomic E-state index is 12.5. The number of carbonyl (C=O) groups is 1. The van der Waals surface area contributed by atoms with E-state index in [1.165, 1.54) is 11.8 Å². The summed E-state index contributed by atoms with van der Waals surface area (Å²) < 4.78 is 3.85. The second-order valence-corrected chi connectivity index (χ2v) is 9.66. The summed E-state index contributed by atoms with van der Waals surface area (Å²) in [5.41, 5.74) is 6.03. The van der Waals surface area contributed by atoms with Crippen molar-refractivity contribution in [3.8, 4) is 17.1 Å². The average molecular weight is 586 g/mol. The van der Waals surface area contributed by atoms with Gasteiger partial charge in [0.05, 0.1) is 11.5 Å². The number of aromatic nitrogens is 4. The molecular weight excluding hydrogens is 568 g/mol. The van der Waals surface area contributed by atoms with Crippen LogP contribution in [-0.2, 0) is 4.79 Å². The molecule has 0 aliphatic rings. The lowest BCUT2D eigenvalue weighted by Crippen LogP contribution is -2.21. The highest BCUT2D eigenvalue weighted by molar-refractivity contribution is 9.10. The number of amides is 1. The molecule has 0 fully saturated rings. The third-order valence-electron chi connectivity index (χ3n) is 4.58. The maximum Gasteiger partial charge on any atom is 0.250 e. The Kier molecular flexibility index (Phi) is 7.69. The van der Waals surface area contributed by atoms with Gasteiger partial charge in [-0.05, 0) is 61.0 Å². The highest BCUT2D eigenvalue weighted by Gasteiger charge is 2.17. The number of nitrogens with zero attached hydrogens (tertiary/aromatic N) is 5. The van der Waals surface area contributed by atoms with Crippen molar-refractivity contribution in [2.75, 3.05) is 5.75 Å². The molecular formula is C23H18Br2N6OS. The van der Waals surface area contributed by atoms with Crippen LogP contribution in [0, 0.1) is 0 Å². The predicted molar refractivity (Wildman–Crippen MR) is 138 cm³/mol. The van der Waals surface area contributed by atoms with Crippen LogP contribution in [0.1, 0.15) is 12.5 Å². The number of hydrazone groups is 1. The van der Waals surface area contributed by atoms with Crippen LogP contribution >= 0.6 is 43.6 Å². The van der Waals surface area contributed by atoms with Crippen molar-refractivity contribution in [1.82, 2.24) is 25.2 Å². The summed E-state index contributed by atoms with van der Waals surface area (Å²) in [5.74, 6) is 0.580.